The van der Waals surface area contributed by atoms with Crippen molar-refractivity contribution in [3.63, 3.8) is 0 Å². The summed E-state index contributed by atoms with van der Waals surface area (Å²) in [7, 11) is 1.99. The third-order valence-electron chi connectivity index (χ3n) is 3.59. The van der Waals surface area contributed by atoms with Crippen LogP contribution < -0.4 is 5.32 Å². The number of hydrogen-bond acceptors (Lipinski definition) is 3. The van der Waals surface area contributed by atoms with E-state index in [2.05, 4.69) is 56.3 Å². The molecular weight excluding hydrogens is 280 g/mol. The molecule has 0 spiro atoms. The highest BCUT2D eigenvalue weighted by atomic mass is 32.2. The first-order valence-electron chi connectivity index (χ1n) is 7.33. The molecule has 0 fully saturated rings. The molecule has 0 saturated carbocycles. The highest BCUT2D eigenvalue weighted by molar-refractivity contribution is 7.98. The van der Waals surface area contributed by atoms with Crippen molar-refractivity contribution >= 4 is 23.4 Å². The fourth-order valence-corrected chi connectivity index (χ4v) is 2.74. The molecule has 0 radical (unpaired) electrons. The molecule has 1 N–H and O–H groups in total. The standard InChI is InChI=1S/C17H28N2OS/c1-13(12-21-6)19(5)11-16(20)18-15-9-7-14(8-10-15)17(2,3)4/h7-10,13H,11-12H2,1-6H3,(H,18,20)/t13-/m0/s1. The van der Waals surface area contributed by atoms with Crippen LogP contribution in [0.1, 0.15) is 33.3 Å². The van der Waals surface area contributed by atoms with Crippen molar-refractivity contribution in [2.45, 2.75) is 39.2 Å². The molecule has 1 aromatic rings. The van der Waals surface area contributed by atoms with Gasteiger partial charge in [0, 0.05) is 17.5 Å². The Morgan fingerprint density at radius 1 is 1.29 bits per heavy atom. The molecule has 0 heterocycles. The van der Waals surface area contributed by atoms with Gasteiger partial charge < -0.3 is 5.32 Å². The summed E-state index contributed by atoms with van der Waals surface area (Å²) in [5.41, 5.74) is 2.26. The van der Waals surface area contributed by atoms with Crippen LogP contribution in [0.25, 0.3) is 0 Å². The van der Waals surface area contributed by atoms with Crippen molar-refractivity contribution in [2.75, 3.05) is 30.9 Å². The molecule has 118 valence electrons. The lowest BCUT2D eigenvalue weighted by atomic mass is 9.87. The minimum absolute atomic E-state index is 0.0361. The molecule has 1 amide bonds. The van der Waals surface area contributed by atoms with Crippen molar-refractivity contribution in [3.05, 3.63) is 29.8 Å². The number of thioether (sulfide) groups is 1. The molecule has 0 saturated heterocycles. The van der Waals surface area contributed by atoms with Crippen molar-refractivity contribution in [2.24, 2.45) is 0 Å². The Balaban J connectivity index is 2.55. The van der Waals surface area contributed by atoms with Gasteiger partial charge in [-0.3, -0.25) is 9.69 Å². The summed E-state index contributed by atoms with van der Waals surface area (Å²) in [5.74, 6) is 1.07. The first kappa shape index (κ1) is 18.1. The molecule has 21 heavy (non-hydrogen) atoms. The largest absolute Gasteiger partial charge is 0.325 e. The molecule has 4 heteroatoms. The fourth-order valence-electron chi connectivity index (χ4n) is 2.00. The smallest absolute Gasteiger partial charge is 0.238 e. The lowest BCUT2D eigenvalue weighted by Crippen LogP contribution is -2.37. The van der Waals surface area contributed by atoms with Gasteiger partial charge in [-0.25, -0.2) is 0 Å². The topological polar surface area (TPSA) is 32.3 Å². The summed E-state index contributed by atoms with van der Waals surface area (Å²) in [6.07, 6.45) is 2.08. The van der Waals surface area contributed by atoms with E-state index in [0.29, 0.717) is 12.6 Å². The highest BCUT2D eigenvalue weighted by Crippen LogP contribution is 2.23. The van der Waals surface area contributed by atoms with Gasteiger partial charge in [-0.05, 0) is 43.3 Å². The van der Waals surface area contributed by atoms with Crippen molar-refractivity contribution in [1.82, 2.24) is 4.90 Å². The molecule has 3 nitrogen and oxygen atoms in total. The molecule has 0 unspecified atom stereocenters. The van der Waals surface area contributed by atoms with E-state index in [0.717, 1.165) is 11.4 Å². The second kappa shape index (κ2) is 7.85. The van der Waals surface area contributed by atoms with Gasteiger partial charge in [0.25, 0.3) is 0 Å². The highest BCUT2D eigenvalue weighted by Gasteiger charge is 2.14. The zero-order valence-electron chi connectivity index (χ0n) is 14.1. The van der Waals surface area contributed by atoms with E-state index in [1.54, 1.807) is 11.8 Å². The van der Waals surface area contributed by atoms with Crippen LogP contribution in [0.5, 0.6) is 0 Å². The van der Waals surface area contributed by atoms with Gasteiger partial charge in [-0.2, -0.15) is 11.8 Å². The van der Waals surface area contributed by atoms with Crippen LogP contribution in [0.2, 0.25) is 0 Å². The van der Waals surface area contributed by atoms with Crippen molar-refractivity contribution in [1.29, 1.82) is 0 Å². The van der Waals surface area contributed by atoms with Crippen LogP contribution in [0.3, 0.4) is 0 Å². The Bertz CT molecular complexity index is 451. The van der Waals surface area contributed by atoms with Crippen LogP contribution >= 0.6 is 11.8 Å². The lowest BCUT2D eigenvalue weighted by Gasteiger charge is -2.23. The van der Waals surface area contributed by atoms with Gasteiger partial charge in [0.15, 0.2) is 0 Å². The van der Waals surface area contributed by atoms with E-state index in [1.165, 1.54) is 5.56 Å². The molecule has 0 aliphatic carbocycles. The van der Waals surface area contributed by atoms with E-state index in [9.17, 15) is 4.79 Å². The minimum atomic E-state index is 0.0361. The first-order valence-corrected chi connectivity index (χ1v) is 8.73. The van der Waals surface area contributed by atoms with E-state index in [1.807, 2.05) is 19.2 Å². The normalized spacial score (nSPS) is 13.3. The van der Waals surface area contributed by atoms with Gasteiger partial charge in [0.05, 0.1) is 6.54 Å². The number of carbonyl (C=O) groups excluding carboxylic acids is 1. The Kier molecular flexibility index (Phi) is 6.75. The number of nitrogens with one attached hydrogen (secondary N) is 1. The summed E-state index contributed by atoms with van der Waals surface area (Å²) in [6.45, 7) is 9.11. The average molecular weight is 308 g/mol. The summed E-state index contributed by atoms with van der Waals surface area (Å²) in [4.78, 5) is 14.1. The number of amides is 1. The zero-order chi connectivity index (χ0) is 16.0. The van der Waals surface area contributed by atoms with E-state index in [-0.39, 0.29) is 11.3 Å². The maximum absolute atomic E-state index is 12.1. The number of benzene rings is 1. The Morgan fingerprint density at radius 3 is 2.33 bits per heavy atom. The van der Waals surface area contributed by atoms with Gasteiger partial charge in [0.2, 0.25) is 5.91 Å². The molecular formula is C17H28N2OS. The Labute approximate surface area is 133 Å². The van der Waals surface area contributed by atoms with E-state index < -0.39 is 0 Å². The molecule has 0 aliphatic rings. The van der Waals surface area contributed by atoms with Gasteiger partial charge >= 0.3 is 0 Å². The average Bonchev–Trinajstić information content (AvgIpc) is 2.38. The Morgan fingerprint density at radius 2 is 1.86 bits per heavy atom. The number of nitrogens with zero attached hydrogens (tertiary/aromatic N) is 1. The summed E-state index contributed by atoms with van der Waals surface area (Å²) in [5, 5.41) is 2.96. The van der Waals surface area contributed by atoms with Crippen molar-refractivity contribution in [3.8, 4) is 0 Å². The van der Waals surface area contributed by atoms with Crippen LogP contribution in [0, 0.1) is 0 Å². The van der Waals surface area contributed by atoms with Gasteiger partial charge in [0.1, 0.15) is 0 Å². The molecule has 0 bridgehead atoms. The van der Waals surface area contributed by atoms with Crippen LogP contribution in [0.4, 0.5) is 5.69 Å². The summed E-state index contributed by atoms with van der Waals surface area (Å²) < 4.78 is 0. The number of likely N-dealkylation sites (N-methyl/N-ethyl adjacent to an activating group) is 1. The zero-order valence-corrected chi connectivity index (χ0v) is 14.9. The molecule has 1 aromatic carbocycles. The first-order chi connectivity index (χ1) is 9.74. The molecule has 0 aromatic heterocycles. The molecule has 1 atom stereocenters. The quantitative estimate of drug-likeness (QED) is 0.871. The van der Waals surface area contributed by atoms with Crippen LogP contribution in [-0.2, 0) is 10.2 Å². The fraction of sp³-hybridized carbons (Fsp3) is 0.588. The van der Waals surface area contributed by atoms with Crippen molar-refractivity contribution < 1.29 is 4.79 Å². The van der Waals surface area contributed by atoms with E-state index in [4.69, 9.17) is 0 Å². The SMILES string of the molecule is CSC[C@H](C)N(C)CC(=O)Nc1ccc(C(C)(C)C)cc1. The maximum Gasteiger partial charge on any atom is 0.238 e. The minimum Gasteiger partial charge on any atom is -0.325 e. The van der Waals surface area contributed by atoms with Gasteiger partial charge in [-0.15, -0.1) is 0 Å². The second-order valence-electron chi connectivity index (χ2n) is 6.60. The third kappa shape index (κ3) is 6.10. The molecule has 0 aliphatic heterocycles. The number of carbonyl (C=O) groups is 1. The number of anilines is 1. The van der Waals surface area contributed by atoms with E-state index >= 15 is 0 Å². The predicted octanol–water partition coefficient (Wildman–Crippen LogP) is 3.61. The van der Waals surface area contributed by atoms with Crippen LogP contribution in [-0.4, -0.2) is 42.4 Å². The third-order valence-corrected chi connectivity index (χ3v) is 4.40. The second-order valence-corrected chi connectivity index (χ2v) is 7.51. The van der Waals surface area contributed by atoms with Gasteiger partial charge in [-0.1, -0.05) is 32.9 Å². The Hall–Kier alpha value is -1.00. The number of hydrogen-bond donors (Lipinski definition) is 1. The monoisotopic (exact) mass is 308 g/mol. The summed E-state index contributed by atoms with van der Waals surface area (Å²) in [6, 6.07) is 8.51. The predicted molar refractivity (Wildman–Crippen MR) is 94.2 cm³/mol. The maximum atomic E-state index is 12.1. The number of rotatable bonds is 6. The molecule has 1 rings (SSSR count). The van der Waals surface area contributed by atoms with Crippen LogP contribution in [0.15, 0.2) is 24.3 Å². The summed E-state index contributed by atoms with van der Waals surface area (Å²) >= 11 is 1.80. The lowest BCUT2D eigenvalue weighted by molar-refractivity contribution is -0.117.